The van der Waals surface area contributed by atoms with Crippen LogP contribution in [-0.4, -0.2) is 5.91 Å². The smallest absolute Gasteiger partial charge is 0.291 e. The Morgan fingerprint density at radius 2 is 1.70 bits per heavy atom. The Balaban J connectivity index is 1.74. The molecule has 0 saturated carbocycles. The second kappa shape index (κ2) is 6.71. The molecule has 116 valence electrons. The lowest BCUT2D eigenvalue weighted by molar-refractivity contribution is 0.0997. The number of halogens is 1. The first-order chi connectivity index (χ1) is 11.2. The topological polar surface area (TPSA) is 42.2 Å². The van der Waals surface area contributed by atoms with Crippen molar-refractivity contribution in [3.63, 3.8) is 0 Å². The van der Waals surface area contributed by atoms with Crippen molar-refractivity contribution < 1.29 is 9.21 Å². The van der Waals surface area contributed by atoms with Crippen LogP contribution in [0.25, 0.3) is 11.3 Å². The summed E-state index contributed by atoms with van der Waals surface area (Å²) in [6.07, 6.45) is 0.969. The average molecular weight is 326 g/mol. The zero-order chi connectivity index (χ0) is 16.2. The molecule has 0 unspecified atom stereocenters. The van der Waals surface area contributed by atoms with E-state index in [4.69, 9.17) is 16.0 Å². The quantitative estimate of drug-likeness (QED) is 0.696. The van der Waals surface area contributed by atoms with Crippen LogP contribution < -0.4 is 5.32 Å². The molecule has 1 amide bonds. The first kappa shape index (κ1) is 15.4. The maximum Gasteiger partial charge on any atom is 0.291 e. The van der Waals surface area contributed by atoms with Crippen molar-refractivity contribution in [2.75, 3.05) is 5.32 Å². The Morgan fingerprint density at radius 1 is 1.00 bits per heavy atom. The standard InChI is InChI=1S/C19H16ClNO2/c1-2-13-3-9-16(10-4-13)21-19(22)18-12-11-17(23-18)14-5-7-15(20)8-6-14/h3-12H,2H2,1H3,(H,21,22). The van der Waals surface area contributed by atoms with E-state index in [2.05, 4.69) is 12.2 Å². The third-order valence-electron chi connectivity index (χ3n) is 3.58. The second-order valence-electron chi connectivity index (χ2n) is 5.18. The molecule has 3 rings (SSSR count). The highest BCUT2D eigenvalue weighted by Gasteiger charge is 2.12. The number of aryl methyl sites for hydroxylation is 1. The summed E-state index contributed by atoms with van der Waals surface area (Å²) in [5.41, 5.74) is 2.85. The SMILES string of the molecule is CCc1ccc(NC(=O)c2ccc(-c3ccc(Cl)cc3)o2)cc1. The van der Waals surface area contributed by atoms with Crippen LogP contribution in [0.1, 0.15) is 23.0 Å². The molecule has 1 aromatic heterocycles. The summed E-state index contributed by atoms with van der Waals surface area (Å²) in [6.45, 7) is 2.09. The first-order valence-corrected chi connectivity index (χ1v) is 7.79. The fourth-order valence-corrected chi connectivity index (χ4v) is 2.37. The third-order valence-corrected chi connectivity index (χ3v) is 3.83. The van der Waals surface area contributed by atoms with Crippen LogP contribution in [0.2, 0.25) is 5.02 Å². The second-order valence-corrected chi connectivity index (χ2v) is 5.61. The molecule has 3 aromatic rings. The van der Waals surface area contributed by atoms with Crippen LogP contribution in [0.3, 0.4) is 0 Å². The minimum absolute atomic E-state index is 0.269. The van der Waals surface area contributed by atoms with Gasteiger partial charge in [0.2, 0.25) is 0 Å². The molecule has 0 aliphatic rings. The Hall–Kier alpha value is -2.52. The number of amides is 1. The van der Waals surface area contributed by atoms with Gasteiger partial charge in [0.25, 0.3) is 5.91 Å². The Kier molecular flexibility index (Phi) is 4.49. The largest absolute Gasteiger partial charge is 0.451 e. The highest BCUT2D eigenvalue weighted by Crippen LogP contribution is 2.24. The fraction of sp³-hybridized carbons (Fsp3) is 0.105. The van der Waals surface area contributed by atoms with Gasteiger partial charge in [-0.25, -0.2) is 0 Å². The van der Waals surface area contributed by atoms with Crippen LogP contribution in [0.15, 0.2) is 65.1 Å². The van der Waals surface area contributed by atoms with E-state index in [1.807, 2.05) is 36.4 Å². The number of rotatable bonds is 4. The molecular formula is C19H16ClNO2. The van der Waals surface area contributed by atoms with Gasteiger partial charge >= 0.3 is 0 Å². The summed E-state index contributed by atoms with van der Waals surface area (Å²) in [5.74, 6) is 0.636. The minimum atomic E-state index is -0.269. The lowest BCUT2D eigenvalue weighted by atomic mass is 10.1. The summed E-state index contributed by atoms with van der Waals surface area (Å²) in [7, 11) is 0. The predicted molar refractivity (Wildman–Crippen MR) is 92.9 cm³/mol. The molecule has 23 heavy (non-hydrogen) atoms. The molecule has 0 atom stereocenters. The van der Waals surface area contributed by atoms with E-state index in [1.54, 1.807) is 24.3 Å². The van der Waals surface area contributed by atoms with E-state index in [1.165, 1.54) is 5.56 Å². The van der Waals surface area contributed by atoms with Gasteiger partial charge in [-0.1, -0.05) is 30.7 Å². The number of hydrogen-bond donors (Lipinski definition) is 1. The van der Waals surface area contributed by atoms with E-state index in [0.717, 1.165) is 17.7 Å². The molecule has 1 heterocycles. The summed E-state index contributed by atoms with van der Waals surface area (Å²) >= 11 is 5.87. The molecule has 0 aliphatic carbocycles. The number of anilines is 1. The summed E-state index contributed by atoms with van der Waals surface area (Å²) in [5, 5.41) is 3.49. The minimum Gasteiger partial charge on any atom is -0.451 e. The summed E-state index contributed by atoms with van der Waals surface area (Å²) < 4.78 is 5.63. The van der Waals surface area contributed by atoms with Crippen LogP contribution in [0.5, 0.6) is 0 Å². The fourth-order valence-electron chi connectivity index (χ4n) is 2.25. The van der Waals surface area contributed by atoms with E-state index in [9.17, 15) is 4.79 Å². The zero-order valence-electron chi connectivity index (χ0n) is 12.7. The van der Waals surface area contributed by atoms with Crippen LogP contribution >= 0.6 is 11.6 Å². The lowest BCUT2D eigenvalue weighted by Gasteiger charge is -2.04. The van der Waals surface area contributed by atoms with Crippen molar-refractivity contribution in [2.24, 2.45) is 0 Å². The average Bonchev–Trinajstić information content (AvgIpc) is 3.06. The zero-order valence-corrected chi connectivity index (χ0v) is 13.4. The van der Waals surface area contributed by atoms with Gasteiger partial charge in [0.1, 0.15) is 5.76 Å². The summed E-state index contributed by atoms with van der Waals surface area (Å²) in [4.78, 5) is 12.2. The molecule has 0 fully saturated rings. The number of hydrogen-bond acceptors (Lipinski definition) is 2. The monoisotopic (exact) mass is 325 g/mol. The maximum atomic E-state index is 12.2. The number of carbonyl (C=O) groups excluding carboxylic acids is 1. The van der Waals surface area contributed by atoms with E-state index in [0.29, 0.717) is 10.8 Å². The Labute approximate surface area is 139 Å². The Morgan fingerprint density at radius 3 is 2.35 bits per heavy atom. The molecule has 0 saturated heterocycles. The highest BCUT2D eigenvalue weighted by atomic mass is 35.5. The lowest BCUT2D eigenvalue weighted by Crippen LogP contribution is -2.10. The summed E-state index contributed by atoms with van der Waals surface area (Å²) in [6, 6.07) is 18.5. The maximum absolute atomic E-state index is 12.2. The van der Waals surface area contributed by atoms with Gasteiger partial charge in [-0.2, -0.15) is 0 Å². The van der Waals surface area contributed by atoms with Gasteiger partial charge < -0.3 is 9.73 Å². The number of nitrogens with one attached hydrogen (secondary N) is 1. The third kappa shape index (κ3) is 3.63. The van der Waals surface area contributed by atoms with Crippen molar-refractivity contribution >= 4 is 23.2 Å². The van der Waals surface area contributed by atoms with Gasteiger partial charge in [0.05, 0.1) is 0 Å². The molecule has 3 nitrogen and oxygen atoms in total. The predicted octanol–water partition coefficient (Wildman–Crippen LogP) is 5.41. The normalized spacial score (nSPS) is 10.5. The van der Waals surface area contributed by atoms with E-state index in [-0.39, 0.29) is 11.7 Å². The molecule has 2 aromatic carbocycles. The molecular weight excluding hydrogens is 310 g/mol. The van der Waals surface area contributed by atoms with E-state index < -0.39 is 0 Å². The highest BCUT2D eigenvalue weighted by molar-refractivity contribution is 6.30. The van der Waals surface area contributed by atoms with E-state index >= 15 is 0 Å². The van der Waals surface area contributed by atoms with Crippen molar-refractivity contribution in [3.8, 4) is 11.3 Å². The molecule has 0 aliphatic heterocycles. The molecule has 0 bridgehead atoms. The van der Waals surface area contributed by atoms with Gasteiger partial charge in [0, 0.05) is 16.3 Å². The van der Waals surface area contributed by atoms with Gasteiger partial charge in [-0.3, -0.25) is 4.79 Å². The number of carbonyl (C=O) groups is 1. The molecule has 4 heteroatoms. The molecule has 0 spiro atoms. The van der Waals surface area contributed by atoms with Gasteiger partial charge in [0.15, 0.2) is 5.76 Å². The Bertz CT molecular complexity index is 804. The van der Waals surface area contributed by atoms with Crippen molar-refractivity contribution in [2.45, 2.75) is 13.3 Å². The van der Waals surface area contributed by atoms with Crippen LogP contribution in [0, 0.1) is 0 Å². The van der Waals surface area contributed by atoms with Crippen molar-refractivity contribution in [3.05, 3.63) is 77.0 Å². The first-order valence-electron chi connectivity index (χ1n) is 7.42. The van der Waals surface area contributed by atoms with Crippen LogP contribution in [0.4, 0.5) is 5.69 Å². The number of furan rings is 1. The van der Waals surface area contributed by atoms with Crippen molar-refractivity contribution in [1.29, 1.82) is 0 Å². The molecule has 0 radical (unpaired) electrons. The van der Waals surface area contributed by atoms with Gasteiger partial charge in [-0.05, 0) is 60.5 Å². The van der Waals surface area contributed by atoms with Crippen molar-refractivity contribution in [1.82, 2.24) is 0 Å². The molecule has 1 N–H and O–H groups in total. The van der Waals surface area contributed by atoms with Gasteiger partial charge in [-0.15, -0.1) is 0 Å². The number of benzene rings is 2. The van der Waals surface area contributed by atoms with Crippen LogP contribution in [-0.2, 0) is 6.42 Å².